The molecule has 6 heteroatoms. The van der Waals surface area contributed by atoms with Gasteiger partial charge >= 0.3 is 19.5 Å². The Bertz CT molecular complexity index is 178. The van der Waals surface area contributed by atoms with Crippen LogP contribution in [0.1, 0.15) is 52.4 Å². The van der Waals surface area contributed by atoms with Crippen LogP contribution < -0.4 is 4.89 Å². The van der Waals surface area contributed by atoms with Crippen LogP contribution in [0.3, 0.4) is 0 Å². The molecule has 1 radical (unpaired) electrons. The minimum Gasteiger partial charge on any atom is -0.793 e. The Morgan fingerprint density at radius 3 is 2.25 bits per heavy atom. The van der Waals surface area contributed by atoms with Crippen molar-refractivity contribution in [3.05, 3.63) is 0 Å². The van der Waals surface area contributed by atoms with Crippen LogP contribution >= 0.6 is 17.1 Å². The molecule has 0 aliphatic heterocycles. The van der Waals surface area contributed by atoms with Crippen LogP contribution in [0.25, 0.3) is 0 Å². The van der Waals surface area contributed by atoms with Crippen LogP contribution in [0.2, 0.25) is 0 Å². The Kier molecular flexibility index (Phi) is 16.1. The third-order valence-corrected chi connectivity index (χ3v) is 6.36. The molecule has 0 aliphatic carbocycles. The van der Waals surface area contributed by atoms with E-state index >= 15 is 0 Å². The van der Waals surface area contributed by atoms with Gasteiger partial charge in [-0.25, -0.2) is 0 Å². The van der Waals surface area contributed by atoms with Crippen molar-refractivity contribution in [2.75, 3.05) is 12.4 Å². The van der Waals surface area contributed by atoms with E-state index in [0.29, 0.717) is 6.61 Å². The second kappa shape index (κ2) is 13.0. The maximum absolute atomic E-state index is 11.7. The zero-order valence-electron chi connectivity index (χ0n) is 10.4. The molecule has 0 saturated heterocycles. The molecule has 1 unspecified atom stereocenters. The minimum atomic E-state index is -2.77. The second-order valence-corrected chi connectivity index (χ2v) is 9.70. The summed E-state index contributed by atoms with van der Waals surface area (Å²) in [5.74, 6) is 0.863. The standard InChI is InChI=1S/C10H23O2PS2.Zn/c1-3-5-7-9-12-13(11,14)15-10-8-6-4-2;/h3-10H2,1-2H3,(H,11,14);/q;+1/p-1. The Morgan fingerprint density at radius 1 is 1.12 bits per heavy atom. The van der Waals surface area contributed by atoms with E-state index in [0.717, 1.165) is 31.4 Å². The molecule has 0 aliphatic rings. The first-order valence-corrected chi connectivity index (χ1v) is 9.95. The summed E-state index contributed by atoms with van der Waals surface area (Å²) < 4.78 is 5.25. The van der Waals surface area contributed by atoms with Crippen LogP contribution in [-0.2, 0) is 35.8 Å². The van der Waals surface area contributed by atoms with Crippen molar-refractivity contribution in [2.24, 2.45) is 0 Å². The van der Waals surface area contributed by atoms with Crippen molar-refractivity contribution in [2.45, 2.75) is 52.4 Å². The molecular formula is C10H22O2PS2Zn. The van der Waals surface area contributed by atoms with E-state index in [2.05, 4.69) is 13.8 Å². The Labute approximate surface area is 122 Å². The fourth-order valence-corrected chi connectivity index (χ4v) is 4.48. The Hall–Kier alpha value is 1.54. The maximum atomic E-state index is 11.7. The summed E-state index contributed by atoms with van der Waals surface area (Å²) in [6, 6.07) is 0. The molecular weight excluding hydrogens is 313 g/mol. The average molecular weight is 335 g/mol. The molecule has 0 bridgehead atoms. The first-order valence-electron chi connectivity index (χ1n) is 5.72. The second-order valence-electron chi connectivity index (χ2n) is 3.53. The summed E-state index contributed by atoms with van der Waals surface area (Å²) >= 11 is 6.26. The molecule has 0 N–H and O–H groups in total. The fourth-order valence-electron chi connectivity index (χ4n) is 1.09. The van der Waals surface area contributed by atoms with Gasteiger partial charge in [0.1, 0.15) is 0 Å². The molecule has 0 aromatic carbocycles. The van der Waals surface area contributed by atoms with Gasteiger partial charge in [-0.1, -0.05) is 51.3 Å². The molecule has 0 aromatic heterocycles. The summed E-state index contributed by atoms with van der Waals surface area (Å²) in [5.41, 5.74) is -2.77. The molecule has 0 heterocycles. The number of hydrogen-bond acceptors (Lipinski definition) is 4. The monoisotopic (exact) mass is 333 g/mol. The molecule has 0 aromatic rings. The van der Waals surface area contributed by atoms with Crippen molar-refractivity contribution in [3.63, 3.8) is 0 Å². The number of unbranched alkanes of at least 4 members (excludes halogenated alkanes) is 4. The fraction of sp³-hybridized carbons (Fsp3) is 1.00. The van der Waals surface area contributed by atoms with Gasteiger partial charge in [0, 0.05) is 5.69 Å². The van der Waals surface area contributed by atoms with Crippen molar-refractivity contribution < 1.29 is 28.9 Å². The van der Waals surface area contributed by atoms with Crippen molar-refractivity contribution >= 4 is 28.9 Å². The minimum absolute atomic E-state index is 0. The Balaban J connectivity index is 0. The number of hydrogen-bond donors (Lipinski definition) is 0. The van der Waals surface area contributed by atoms with Crippen molar-refractivity contribution in [1.29, 1.82) is 0 Å². The van der Waals surface area contributed by atoms with Crippen LogP contribution in [0.4, 0.5) is 0 Å². The first-order chi connectivity index (χ1) is 7.12. The van der Waals surface area contributed by atoms with Crippen molar-refractivity contribution in [1.82, 2.24) is 0 Å². The van der Waals surface area contributed by atoms with Gasteiger partial charge in [-0.3, -0.25) is 0 Å². The molecule has 93 valence electrons. The third kappa shape index (κ3) is 13.6. The molecule has 16 heavy (non-hydrogen) atoms. The summed E-state index contributed by atoms with van der Waals surface area (Å²) in [6.07, 6.45) is 6.68. The average Bonchev–Trinajstić information content (AvgIpc) is 2.20. The number of rotatable bonds is 10. The van der Waals surface area contributed by atoms with Crippen LogP contribution in [0.15, 0.2) is 0 Å². The largest absolute Gasteiger partial charge is 1.00 e. The van der Waals surface area contributed by atoms with Gasteiger partial charge in [0.05, 0.1) is 6.61 Å². The van der Waals surface area contributed by atoms with E-state index in [9.17, 15) is 4.89 Å². The molecule has 0 spiro atoms. The van der Waals surface area contributed by atoms with E-state index in [-0.39, 0.29) is 19.5 Å². The predicted octanol–water partition coefficient (Wildman–Crippen LogP) is 3.70. The molecule has 1 atom stereocenters. The summed E-state index contributed by atoms with van der Waals surface area (Å²) in [4.78, 5) is 11.7. The zero-order valence-corrected chi connectivity index (χ0v) is 15.9. The molecule has 2 nitrogen and oxygen atoms in total. The summed E-state index contributed by atoms with van der Waals surface area (Å²) in [5, 5.41) is 0. The molecule has 0 rings (SSSR count). The topological polar surface area (TPSA) is 32.3 Å². The van der Waals surface area contributed by atoms with E-state index < -0.39 is 5.69 Å². The van der Waals surface area contributed by atoms with E-state index in [1.165, 1.54) is 24.2 Å². The summed E-state index contributed by atoms with van der Waals surface area (Å²) in [6.45, 7) is 4.83. The first kappa shape index (κ1) is 19.9. The van der Waals surface area contributed by atoms with Gasteiger partial charge in [0.15, 0.2) is 0 Å². The summed E-state index contributed by atoms with van der Waals surface area (Å²) in [7, 11) is 0. The predicted molar refractivity (Wildman–Crippen MR) is 71.7 cm³/mol. The van der Waals surface area contributed by atoms with Gasteiger partial charge in [-0.05, 0) is 18.6 Å². The van der Waals surface area contributed by atoms with Gasteiger partial charge in [0.25, 0.3) is 0 Å². The van der Waals surface area contributed by atoms with E-state index in [1.54, 1.807) is 0 Å². The van der Waals surface area contributed by atoms with E-state index in [4.69, 9.17) is 16.3 Å². The zero-order chi connectivity index (χ0) is 11.6. The Morgan fingerprint density at radius 2 is 1.69 bits per heavy atom. The van der Waals surface area contributed by atoms with Crippen LogP contribution in [0, 0.1) is 0 Å². The van der Waals surface area contributed by atoms with E-state index in [1.807, 2.05) is 0 Å². The molecule has 0 amide bonds. The van der Waals surface area contributed by atoms with Crippen LogP contribution in [0.5, 0.6) is 0 Å². The van der Waals surface area contributed by atoms with Gasteiger partial charge in [-0.15, -0.1) is 11.4 Å². The smallest absolute Gasteiger partial charge is 0.793 e. The van der Waals surface area contributed by atoms with Gasteiger partial charge in [0.2, 0.25) is 0 Å². The molecule has 0 fully saturated rings. The maximum Gasteiger partial charge on any atom is 1.00 e. The van der Waals surface area contributed by atoms with Gasteiger partial charge in [-0.2, -0.15) is 0 Å². The van der Waals surface area contributed by atoms with Crippen molar-refractivity contribution in [3.8, 4) is 0 Å². The van der Waals surface area contributed by atoms with Gasteiger partial charge < -0.3 is 9.42 Å². The normalized spacial score (nSPS) is 14.2. The quantitative estimate of drug-likeness (QED) is 0.346. The van der Waals surface area contributed by atoms with Crippen LogP contribution in [-0.4, -0.2) is 12.4 Å². The molecule has 0 saturated carbocycles. The third-order valence-electron chi connectivity index (χ3n) is 1.99. The SMILES string of the molecule is CCCCCOP([O-])(=S)SCCCCC.[Zn+].